The van der Waals surface area contributed by atoms with Crippen LogP contribution < -0.4 is 10.6 Å². The third kappa shape index (κ3) is 5.17. The lowest BCUT2D eigenvalue weighted by Gasteiger charge is -2.09. The van der Waals surface area contributed by atoms with Gasteiger partial charge in [-0.05, 0) is 40.6 Å². The van der Waals surface area contributed by atoms with E-state index in [9.17, 15) is 14.4 Å². The summed E-state index contributed by atoms with van der Waals surface area (Å²) in [5.74, 6) is -1.07. The largest absolute Gasteiger partial charge is 0.455 e. The maximum absolute atomic E-state index is 12.1. The number of benzene rings is 3. The maximum atomic E-state index is 12.1. The minimum atomic E-state index is -0.465. The van der Waals surface area contributed by atoms with Gasteiger partial charge in [-0.1, -0.05) is 42.5 Å². The first-order valence-corrected chi connectivity index (χ1v) is 8.81. The summed E-state index contributed by atoms with van der Waals surface area (Å²) < 4.78 is 5.10. The van der Waals surface area contributed by atoms with Crippen molar-refractivity contribution in [1.82, 2.24) is 0 Å². The highest BCUT2D eigenvalue weighted by molar-refractivity contribution is 5.94. The van der Waals surface area contributed by atoms with E-state index in [0.29, 0.717) is 11.4 Å². The van der Waals surface area contributed by atoms with Crippen LogP contribution in [0.5, 0.6) is 0 Å². The van der Waals surface area contributed by atoms with Crippen LogP contribution in [0, 0.1) is 0 Å². The molecule has 0 heterocycles. The molecule has 0 unspecified atom stereocenters. The fraction of sp³-hybridized carbons (Fsp3) is 0.136. The van der Waals surface area contributed by atoms with E-state index in [2.05, 4.69) is 10.6 Å². The van der Waals surface area contributed by atoms with Gasteiger partial charge in [0.05, 0.1) is 6.42 Å². The summed E-state index contributed by atoms with van der Waals surface area (Å²) >= 11 is 0. The topological polar surface area (TPSA) is 84.5 Å². The Morgan fingerprint density at radius 3 is 2.18 bits per heavy atom. The monoisotopic (exact) mass is 376 g/mol. The Balaban J connectivity index is 1.51. The maximum Gasteiger partial charge on any atom is 0.310 e. The van der Waals surface area contributed by atoms with E-state index in [0.717, 1.165) is 16.3 Å². The van der Waals surface area contributed by atoms with Crippen molar-refractivity contribution in [3.05, 3.63) is 72.3 Å². The summed E-state index contributed by atoms with van der Waals surface area (Å²) in [7, 11) is 0. The number of fused-ring (bicyclic) bond motifs is 1. The number of hydrogen-bond donors (Lipinski definition) is 2. The molecule has 3 rings (SSSR count). The predicted molar refractivity (Wildman–Crippen MR) is 108 cm³/mol. The van der Waals surface area contributed by atoms with Crippen LogP contribution in [0.15, 0.2) is 66.7 Å². The van der Waals surface area contributed by atoms with Gasteiger partial charge in [0.2, 0.25) is 5.91 Å². The molecular weight excluding hydrogens is 356 g/mol. The number of esters is 1. The SMILES string of the molecule is CC(=O)Nc1ccc(NC(=O)COC(=O)Cc2cccc3ccccc23)cc1. The molecule has 0 bridgehead atoms. The van der Waals surface area contributed by atoms with Crippen molar-refractivity contribution in [3.8, 4) is 0 Å². The molecule has 3 aromatic rings. The molecule has 2 amide bonds. The number of anilines is 2. The van der Waals surface area contributed by atoms with Gasteiger partial charge in [0.25, 0.3) is 5.91 Å². The minimum Gasteiger partial charge on any atom is -0.455 e. The Kier molecular flexibility index (Phi) is 6.01. The van der Waals surface area contributed by atoms with Gasteiger partial charge in [-0.3, -0.25) is 14.4 Å². The summed E-state index contributed by atoms with van der Waals surface area (Å²) in [6, 6.07) is 20.2. The molecule has 0 aromatic heterocycles. The molecule has 0 saturated heterocycles. The van der Waals surface area contributed by atoms with Crippen LogP contribution >= 0.6 is 0 Å². The molecule has 2 N–H and O–H groups in total. The van der Waals surface area contributed by atoms with Gasteiger partial charge in [-0.25, -0.2) is 0 Å². The fourth-order valence-corrected chi connectivity index (χ4v) is 2.84. The summed E-state index contributed by atoms with van der Waals surface area (Å²) in [5, 5.41) is 7.32. The highest BCUT2D eigenvalue weighted by atomic mass is 16.5. The van der Waals surface area contributed by atoms with Crippen LogP contribution in [0.25, 0.3) is 10.8 Å². The molecule has 6 heteroatoms. The van der Waals surface area contributed by atoms with Crippen LogP contribution in [0.1, 0.15) is 12.5 Å². The van der Waals surface area contributed by atoms with Crippen LogP contribution in [-0.2, 0) is 25.5 Å². The van der Waals surface area contributed by atoms with Crippen LogP contribution in [-0.4, -0.2) is 24.4 Å². The van der Waals surface area contributed by atoms with Gasteiger partial charge in [0.15, 0.2) is 6.61 Å². The Bertz CT molecular complexity index is 1010. The van der Waals surface area contributed by atoms with Crippen LogP contribution in [0.3, 0.4) is 0 Å². The van der Waals surface area contributed by atoms with Crippen molar-refractivity contribution < 1.29 is 19.1 Å². The number of carbonyl (C=O) groups excluding carboxylic acids is 3. The van der Waals surface area contributed by atoms with E-state index in [1.54, 1.807) is 24.3 Å². The Hall–Kier alpha value is -3.67. The normalized spacial score (nSPS) is 10.3. The van der Waals surface area contributed by atoms with Crippen molar-refractivity contribution in [2.24, 2.45) is 0 Å². The molecule has 0 atom stereocenters. The third-order valence-electron chi connectivity index (χ3n) is 4.07. The third-order valence-corrected chi connectivity index (χ3v) is 4.07. The van der Waals surface area contributed by atoms with E-state index in [-0.39, 0.29) is 18.9 Å². The second kappa shape index (κ2) is 8.81. The Labute approximate surface area is 162 Å². The molecule has 6 nitrogen and oxygen atoms in total. The number of amides is 2. The second-order valence-electron chi connectivity index (χ2n) is 6.28. The number of hydrogen-bond acceptors (Lipinski definition) is 4. The fourth-order valence-electron chi connectivity index (χ4n) is 2.84. The van der Waals surface area contributed by atoms with E-state index >= 15 is 0 Å². The summed E-state index contributed by atoms with van der Waals surface area (Å²) in [5.41, 5.74) is 2.04. The zero-order valence-electron chi connectivity index (χ0n) is 15.4. The van der Waals surface area contributed by atoms with E-state index in [1.165, 1.54) is 6.92 Å². The van der Waals surface area contributed by atoms with Crippen LogP contribution in [0.4, 0.5) is 11.4 Å². The zero-order valence-corrected chi connectivity index (χ0v) is 15.4. The van der Waals surface area contributed by atoms with E-state index < -0.39 is 11.9 Å². The van der Waals surface area contributed by atoms with Crippen molar-refractivity contribution >= 4 is 39.9 Å². The van der Waals surface area contributed by atoms with Crippen molar-refractivity contribution in [3.63, 3.8) is 0 Å². The molecule has 0 aliphatic rings. The average molecular weight is 376 g/mol. The first kappa shape index (κ1) is 19.1. The predicted octanol–water partition coefficient (Wildman–Crippen LogP) is 3.52. The highest BCUT2D eigenvalue weighted by Crippen LogP contribution is 2.19. The lowest BCUT2D eigenvalue weighted by Crippen LogP contribution is -2.21. The number of carbonyl (C=O) groups is 3. The van der Waals surface area contributed by atoms with E-state index in [4.69, 9.17) is 4.74 Å². The van der Waals surface area contributed by atoms with Crippen molar-refractivity contribution in [1.29, 1.82) is 0 Å². The molecule has 0 fully saturated rings. The molecular formula is C22H20N2O4. The number of ether oxygens (including phenoxy) is 1. The zero-order chi connectivity index (χ0) is 19.9. The second-order valence-corrected chi connectivity index (χ2v) is 6.28. The molecule has 0 spiro atoms. The van der Waals surface area contributed by atoms with Crippen LogP contribution in [0.2, 0.25) is 0 Å². The summed E-state index contributed by atoms with van der Waals surface area (Å²) in [6.07, 6.45) is 0.0973. The van der Waals surface area contributed by atoms with Crippen molar-refractivity contribution in [2.75, 3.05) is 17.2 Å². The van der Waals surface area contributed by atoms with Gasteiger partial charge in [-0.2, -0.15) is 0 Å². The highest BCUT2D eigenvalue weighted by Gasteiger charge is 2.11. The first-order valence-electron chi connectivity index (χ1n) is 8.81. The average Bonchev–Trinajstić information content (AvgIpc) is 2.68. The van der Waals surface area contributed by atoms with Gasteiger partial charge >= 0.3 is 5.97 Å². The Morgan fingerprint density at radius 1 is 0.821 bits per heavy atom. The molecule has 142 valence electrons. The van der Waals surface area contributed by atoms with Gasteiger partial charge in [0, 0.05) is 18.3 Å². The quantitative estimate of drug-likeness (QED) is 0.645. The number of rotatable bonds is 6. The number of nitrogens with one attached hydrogen (secondary N) is 2. The summed E-state index contributed by atoms with van der Waals surface area (Å²) in [4.78, 5) is 35.1. The smallest absolute Gasteiger partial charge is 0.310 e. The van der Waals surface area contributed by atoms with Crippen molar-refractivity contribution in [2.45, 2.75) is 13.3 Å². The lowest BCUT2D eigenvalue weighted by molar-refractivity contribution is -0.146. The lowest BCUT2D eigenvalue weighted by atomic mass is 10.0. The van der Waals surface area contributed by atoms with Gasteiger partial charge < -0.3 is 15.4 Å². The molecule has 0 aliphatic carbocycles. The van der Waals surface area contributed by atoms with Gasteiger partial charge in [0.1, 0.15) is 0 Å². The minimum absolute atomic E-state index is 0.0973. The standard InChI is InChI=1S/C22H20N2O4/c1-15(25)23-18-9-11-19(12-10-18)24-21(26)14-28-22(27)13-17-7-4-6-16-5-2-3-8-20(16)17/h2-12H,13-14H2,1H3,(H,23,25)(H,24,26). The Morgan fingerprint density at radius 2 is 1.46 bits per heavy atom. The first-order chi connectivity index (χ1) is 13.5. The van der Waals surface area contributed by atoms with E-state index in [1.807, 2.05) is 42.5 Å². The molecule has 0 radical (unpaired) electrons. The molecule has 3 aromatic carbocycles. The summed E-state index contributed by atoms with van der Waals surface area (Å²) in [6.45, 7) is 1.05. The molecule has 28 heavy (non-hydrogen) atoms. The molecule has 0 aliphatic heterocycles. The molecule has 0 saturated carbocycles. The van der Waals surface area contributed by atoms with Gasteiger partial charge in [-0.15, -0.1) is 0 Å².